The van der Waals surface area contributed by atoms with Crippen molar-refractivity contribution < 1.29 is 9.53 Å². The first-order valence-corrected chi connectivity index (χ1v) is 8.27. The summed E-state index contributed by atoms with van der Waals surface area (Å²) < 4.78 is 5.67. The Morgan fingerprint density at radius 2 is 2.36 bits per heavy atom. The van der Waals surface area contributed by atoms with Crippen LogP contribution in [0.25, 0.3) is 0 Å². The number of aromatic nitrogens is 2. The third kappa shape index (κ3) is 3.69. The molecule has 0 N–H and O–H groups in total. The quantitative estimate of drug-likeness (QED) is 0.871. The SMILES string of the molecule is Cc1ccc(C[C@H]2COCCN(C(=O)c3cncs3)C2)nc1. The third-order valence-electron chi connectivity index (χ3n) is 3.74. The largest absolute Gasteiger partial charge is 0.379 e. The number of hydrogen-bond acceptors (Lipinski definition) is 5. The molecule has 2 aromatic rings. The number of carbonyl (C=O) groups is 1. The number of aryl methyl sites for hydroxylation is 1. The van der Waals surface area contributed by atoms with Crippen molar-refractivity contribution in [2.24, 2.45) is 5.92 Å². The summed E-state index contributed by atoms with van der Waals surface area (Å²) in [4.78, 5) is 23.5. The molecule has 3 heterocycles. The van der Waals surface area contributed by atoms with E-state index in [2.05, 4.69) is 22.1 Å². The number of pyridine rings is 1. The Balaban J connectivity index is 1.67. The molecule has 1 amide bonds. The predicted octanol–water partition coefficient (Wildman–Crippen LogP) is 2.18. The molecule has 6 heteroatoms. The number of nitrogens with zero attached hydrogens (tertiary/aromatic N) is 3. The molecule has 0 spiro atoms. The van der Waals surface area contributed by atoms with E-state index in [1.807, 2.05) is 18.0 Å². The van der Waals surface area contributed by atoms with Gasteiger partial charge in [-0.25, -0.2) is 0 Å². The van der Waals surface area contributed by atoms with E-state index in [9.17, 15) is 4.79 Å². The summed E-state index contributed by atoms with van der Waals surface area (Å²) in [6, 6.07) is 4.12. The summed E-state index contributed by atoms with van der Waals surface area (Å²) in [6.45, 7) is 4.62. The van der Waals surface area contributed by atoms with Crippen LogP contribution in [0.4, 0.5) is 0 Å². The van der Waals surface area contributed by atoms with Crippen molar-refractivity contribution in [2.45, 2.75) is 13.3 Å². The van der Waals surface area contributed by atoms with E-state index in [0.29, 0.717) is 31.2 Å². The topological polar surface area (TPSA) is 55.3 Å². The van der Waals surface area contributed by atoms with E-state index in [1.165, 1.54) is 11.3 Å². The summed E-state index contributed by atoms with van der Waals surface area (Å²) >= 11 is 1.38. The molecule has 2 aromatic heterocycles. The van der Waals surface area contributed by atoms with Crippen LogP contribution in [0, 0.1) is 12.8 Å². The minimum atomic E-state index is 0.0508. The predicted molar refractivity (Wildman–Crippen MR) is 85.0 cm³/mol. The van der Waals surface area contributed by atoms with Gasteiger partial charge >= 0.3 is 0 Å². The zero-order chi connectivity index (χ0) is 15.4. The van der Waals surface area contributed by atoms with Gasteiger partial charge in [0.25, 0.3) is 5.91 Å². The Bertz CT molecular complexity index is 613. The Hall–Kier alpha value is -1.79. The van der Waals surface area contributed by atoms with Crippen LogP contribution >= 0.6 is 11.3 Å². The first-order valence-electron chi connectivity index (χ1n) is 7.39. The molecule has 0 unspecified atom stereocenters. The number of rotatable bonds is 3. The second-order valence-electron chi connectivity index (χ2n) is 5.59. The maximum absolute atomic E-state index is 12.5. The first kappa shape index (κ1) is 15.1. The zero-order valence-electron chi connectivity index (χ0n) is 12.6. The highest BCUT2D eigenvalue weighted by Crippen LogP contribution is 2.16. The minimum absolute atomic E-state index is 0.0508. The summed E-state index contributed by atoms with van der Waals surface area (Å²) in [5, 5.41) is 0. The summed E-state index contributed by atoms with van der Waals surface area (Å²) in [5.41, 5.74) is 3.89. The number of thiazole rings is 1. The molecular weight excluding hydrogens is 298 g/mol. The summed E-state index contributed by atoms with van der Waals surface area (Å²) in [5.74, 6) is 0.324. The molecule has 3 rings (SSSR count). The van der Waals surface area contributed by atoms with Gasteiger partial charge in [0.15, 0.2) is 0 Å². The van der Waals surface area contributed by atoms with Gasteiger partial charge in [0.2, 0.25) is 0 Å². The lowest BCUT2D eigenvalue weighted by molar-refractivity contribution is 0.0742. The molecule has 1 aliphatic rings. The molecule has 0 radical (unpaired) electrons. The van der Waals surface area contributed by atoms with Crippen molar-refractivity contribution in [3.63, 3.8) is 0 Å². The highest BCUT2D eigenvalue weighted by atomic mass is 32.1. The van der Waals surface area contributed by atoms with Crippen LogP contribution in [0.3, 0.4) is 0 Å². The standard InChI is InChI=1S/C16H19N3O2S/c1-12-2-3-14(18-7-12)6-13-9-19(4-5-21-10-13)16(20)15-8-17-11-22-15/h2-3,7-8,11,13H,4-6,9-10H2,1H3/t13-/m1/s1. The van der Waals surface area contributed by atoms with Crippen molar-refractivity contribution >= 4 is 17.2 Å². The minimum Gasteiger partial charge on any atom is -0.379 e. The van der Waals surface area contributed by atoms with Crippen LogP contribution in [-0.2, 0) is 11.2 Å². The van der Waals surface area contributed by atoms with Gasteiger partial charge in [-0.15, -0.1) is 11.3 Å². The smallest absolute Gasteiger partial charge is 0.265 e. The molecule has 1 aliphatic heterocycles. The van der Waals surface area contributed by atoms with E-state index in [0.717, 1.165) is 17.7 Å². The maximum atomic E-state index is 12.5. The normalized spacial score (nSPS) is 19.0. The van der Waals surface area contributed by atoms with Gasteiger partial charge in [-0.05, 0) is 25.0 Å². The number of ether oxygens (including phenoxy) is 1. The van der Waals surface area contributed by atoms with E-state index >= 15 is 0 Å². The molecule has 5 nitrogen and oxygen atoms in total. The molecule has 0 bridgehead atoms. The Kier molecular flexibility index (Phi) is 4.80. The highest BCUT2D eigenvalue weighted by molar-refractivity contribution is 7.11. The van der Waals surface area contributed by atoms with Gasteiger partial charge in [0.1, 0.15) is 4.88 Å². The van der Waals surface area contributed by atoms with Crippen LogP contribution in [0.15, 0.2) is 30.0 Å². The molecule has 22 heavy (non-hydrogen) atoms. The molecule has 0 aromatic carbocycles. The lowest BCUT2D eigenvalue weighted by Crippen LogP contribution is -2.36. The average molecular weight is 317 g/mol. The fourth-order valence-corrected chi connectivity index (χ4v) is 3.17. The molecule has 116 valence electrons. The van der Waals surface area contributed by atoms with Crippen molar-refractivity contribution in [1.82, 2.24) is 14.9 Å². The number of carbonyl (C=O) groups excluding carboxylic acids is 1. The van der Waals surface area contributed by atoms with Gasteiger partial charge < -0.3 is 9.64 Å². The van der Waals surface area contributed by atoms with Gasteiger partial charge in [0.05, 0.1) is 24.9 Å². The first-order chi connectivity index (χ1) is 10.7. The second-order valence-corrected chi connectivity index (χ2v) is 6.48. The zero-order valence-corrected chi connectivity index (χ0v) is 13.4. The molecule has 1 fully saturated rings. The highest BCUT2D eigenvalue weighted by Gasteiger charge is 2.24. The summed E-state index contributed by atoms with van der Waals surface area (Å²) in [7, 11) is 0. The van der Waals surface area contributed by atoms with Crippen molar-refractivity contribution in [3.8, 4) is 0 Å². The molecule has 0 saturated carbocycles. The van der Waals surface area contributed by atoms with E-state index in [1.54, 1.807) is 11.7 Å². The molecular formula is C16H19N3O2S. The fraction of sp³-hybridized carbons (Fsp3) is 0.438. The second kappa shape index (κ2) is 6.98. The van der Waals surface area contributed by atoms with E-state index in [-0.39, 0.29) is 11.8 Å². The third-order valence-corrected chi connectivity index (χ3v) is 4.50. The molecule has 1 saturated heterocycles. The number of amides is 1. The lowest BCUT2D eigenvalue weighted by Gasteiger charge is -2.22. The summed E-state index contributed by atoms with van der Waals surface area (Å²) in [6.07, 6.45) is 4.34. The van der Waals surface area contributed by atoms with Gasteiger partial charge in [0, 0.05) is 30.9 Å². The van der Waals surface area contributed by atoms with E-state index < -0.39 is 0 Å². The van der Waals surface area contributed by atoms with Crippen LogP contribution in [0.1, 0.15) is 20.9 Å². The Morgan fingerprint density at radius 3 is 3.09 bits per heavy atom. The van der Waals surface area contributed by atoms with Crippen molar-refractivity contribution in [2.75, 3.05) is 26.3 Å². The number of hydrogen-bond donors (Lipinski definition) is 0. The molecule has 1 atom stereocenters. The average Bonchev–Trinajstić information content (AvgIpc) is 2.96. The van der Waals surface area contributed by atoms with Gasteiger partial charge in [-0.2, -0.15) is 0 Å². The fourth-order valence-electron chi connectivity index (χ4n) is 2.58. The Morgan fingerprint density at radius 1 is 1.45 bits per heavy atom. The van der Waals surface area contributed by atoms with Crippen LogP contribution in [-0.4, -0.2) is 47.1 Å². The van der Waals surface area contributed by atoms with Crippen LogP contribution in [0.2, 0.25) is 0 Å². The van der Waals surface area contributed by atoms with Crippen molar-refractivity contribution in [1.29, 1.82) is 0 Å². The molecule has 0 aliphatic carbocycles. The maximum Gasteiger partial charge on any atom is 0.265 e. The lowest BCUT2D eigenvalue weighted by atomic mass is 10.0. The Labute approximate surface area is 134 Å². The van der Waals surface area contributed by atoms with Gasteiger partial charge in [-0.1, -0.05) is 6.07 Å². The van der Waals surface area contributed by atoms with E-state index in [4.69, 9.17) is 4.74 Å². The van der Waals surface area contributed by atoms with Crippen LogP contribution < -0.4 is 0 Å². The monoisotopic (exact) mass is 317 g/mol. The van der Waals surface area contributed by atoms with Gasteiger partial charge in [-0.3, -0.25) is 14.8 Å². The van der Waals surface area contributed by atoms with Crippen LogP contribution in [0.5, 0.6) is 0 Å². The van der Waals surface area contributed by atoms with Crippen molar-refractivity contribution in [3.05, 3.63) is 46.2 Å².